The Kier molecular flexibility index (Phi) is 14.4. The molecule has 0 amide bonds. The molecule has 0 saturated heterocycles. The van der Waals surface area contributed by atoms with Gasteiger partial charge in [0.15, 0.2) is 5.78 Å². The van der Waals surface area contributed by atoms with Crippen LogP contribution in [0, 0.1) is 6.92 Å². The SMILES string of the molecule is C=C(/C(=C\c1ccccc1C)CC)/C(C)=C/C(=C(/C)C(C)=O)C(CCC)OCc1ccccc1.CC. The van der Waals surface area contributed by atoms with Gasteiger partial charge in [-0.15, -0.1) is 0 Å². The molecular formula is C34H46O2. The summed E-state index contributed by atoms with van der Waals surface area (Å²) in [6.07, 6.45) is 6.89. The molecule has 2 nitrogen and oxygen atoms in total. The largest absolute Gasteiger partial charge is 0.369 e. The first-order valence-electron chi connectivity index (χ1n) is 13.3. The third-order valence-electron chi connectivity index (χ3n) is 6.29. The van der Waals surface area contributed by atoms with Gasteiger partial charge in [0.2, 0.25) is 0 Å². The Labute approximate surface area is 220 Å². The Bertz CT molecular complexity index is 1070. The number of Topliss-reactive ketones (excluding diaryl/α,β-unsaturated/α-hetero) is 1. The van der Waals surface area contributed by atoms with E-state index >= 15 is 0 Å². The monoisotopic (exact) mass is 486 g/mol. The van der Waals surface area contributed by atoms with Crippen molar-refractivity contribution in [1.82, 2.24) is 0 Å². The summed E-state index contributed by atoms with van der Waals surface area (Å²) in [6, 6.07) is 18.6. The molecular weight excluding hydrogens is 440 g/mol. The molecule has 36 heavy (non-hydrogen) atoms. The third kappa shape index (κ3) is 9.59. The van der Waals surface area contributed by atoms with Gasteiger partial charge in [0, 0.05) is 0 Å². The van der Waals surface area contributed by atoms with Crippen molar-refractivity contribution in [3.63, 3.8) is 0 Å². The molecule has 0 saturated carbocycles. The van der Waals surface area contributed by atoms with E-state index in [9.17, 15) is 4.79 Å². The first-order chi connectivity index (χ1) is 17.3. The van der Waals surface area contributed by atoms with Crippen molar-refractivity contribution in [3.8, 4) is 0 Å². The summed E-state index contributed by atoms with van der Waals surface area (Å²) in [5, 5.41) is 0. The Hall–Kier alpha value is -2.97. The molecule has 0 aliphatic heterocycles. The topological polar surface area (TPSA) is 26.3 Å². The van der Waals surface area contributed by atoms with Crippen molar-refractivity contribution in [2.75, 3.05) is 0 Å². The highest BCUT2D eigenvalue weighted by Crippen LogP contribution is 2.28. The minimum atomic E-state index is -0.151. The van der Waals surface area contributed by atoms with Crippen LogP contribution in [0.5, 0.6) is 0 Å². The van der Waals surface area contributed by atoms with Gasteiger partial charge in [-0.25, -0.2) is 0 Å². The molecule has 0 bridgehead atoms. The Morgan fingerprint density at radius 3 is 2.14 bits per heavy atom. The second kappa shape index (κ2) is 16.7. The molecule has 0 radical (unpaired) electrons. The number of ketones is 1. The molecule has 1 unspecified atom stereocenters. The lowest BCUT2D eigenvalue weighted by molar-refractivity contribution is -0.113. The van der Waals surface area contributed by atoms with Gasteiger partial charge in [-0.05, 0) is 85.1 Å². The van der Waals surface area contributed by atoms with E-state index in [1.54, 1.807) is 6.92 Å². The van der Waals surface area contributed by atoms with Crippen LogP contribution in [0.1, 0.15) is 84.4 Å². The number of hydrogen-bond acceptors (Lipinski definition) is 2. The van der Waals surface area contributed by atoms with Gasteiger partial charge >= 0.3 is 0 Å². The lowest BCUT2D eigenvalue weighted by atomic mass is 9.91. The second-order valence-electron chi connectivity index (χ2n) is 8.90. The van der Waals surface area contributed by atoms with Crippen molar-refractivity contribution in [2.24, 2.45) is 0 Å². The summed E-state index contributed by atoms with van der Waals surface area (Å²) in [7, 11) is 0. The van der Waals surface area contributed by atoms with E-state index in [1.807, 2.05) is 39.0 Å². The zero-order valence-corrected chi connectivity index (χ0v) is 23.8. The Morgan fingerprint density at radius 1 is 0.972 bits per heavy atom. The molecule has 2 aromatic carbocycles. The van der Waals surface area contributed by atoms with Gasteiger partial charge < -0.3 is 4.74 Å². The molecule has 0 heterocycles. The van der Waals surface area contributed by atoms with Crippen LogP contribution in [-0.2, 0) is 16.1 Å². The molecule has 194 valence electrons. The van der Waals surface area contributed by atoms with Gasteiger partial charge in [-0.2, -0.15) is 0 Å². The summed E-state index contributed by atoms with van der Waals surface area (Å²) in [4.78, 5) is 12.4. The van der Waals surface area contributed by atoms with Crippen LogP contribution >= 0.6 is 0 Å². The standard InChI is InChI=1S/C32H40O2.C2H6/c1-8-15-32(34-22-28-17-11-10-12-18-28)31(26(6)27(7)33)20-24(4)25(5)29(9-2)21-30-19-14-13-16-23(30)3;1-2/h10-14,16-21,32H,5,8-9,15,22H2,1-4,6-7H3;1-2H3/b24-20+,29-21-,31-26+;. The predicted octanol–water partition coefficient (Wildman–Crippen LogP) is 9.61. The van der Waals surface area contributed by atoms with Gasteiger partial charge in [0.25, 0.3) is 0 Å². The van der Waals surface area contributed by atoms with E-state index in [1.165, 1.54) is 16.7 Å². The summed E-state index contributed by atoms with van der Waals surface area (Å²) in [6.45, 7) is 21.0. The number of allylic oxidation sites excluding steroid dienone is 4. The zero-order valence-electron chi connectivity index (χ0n) is 23.8. The molecule has 0 N–H and O–H groups in total. The molecule has 0 aliphatic carbocycles. The van der Waals surface area contributed by atoms with Crippen LogP contribution in [0.2, 0.25) is 0 Å². The second-order valence-corrected chi connectivity index (χ2v) is 8.90. The summed E-state index contributed by atoms with van der Waals surface area (Å²) in [5.74, 6) is 0.0697. The van der Waals surface area contributed by atoms with Gasteiger partial charge in [0.05, 0.1) is 12.7 Å². The van der Waals surface area contributed by atoms with Crippen LogP contribution in [0.15, 0.2) is 95.1 Å². The number of aryl methyl sites for hydroxylation is 1. The molecule has 0 aromatic heterocycles. The normalized spacial score (nSPS) is 13.3. The van der Waals surface area contributed by atoms with Crippen molar-refractivity contribution >= 4 is 11.9 Å². The molecule has 2 heteroatoms. The van der Waals surface area contributed by atoms with Crippen LogP contribution in [0.4, 0.5) is 0 Å². The van der Waals surface area contributed by atoms with E-state index < -0.39 is 0 Å². The number of benzene rings is 2. The third-order valence-corrected chi connectivity index (χ3v) is 6.29. The molecule has 1 atom stereocenters. The fourth-order valence-electron chi connectivity index (χ4n) is 3.92. The highest BCUT2D eigenvalue weighted by Gasteiger charge is 2.19. The summed E-state index contributed by atoms with van der Waals surface area (Å²) >= 11 is 0. The smallest absolute Gasteiger partial charge is 0.155 e. The number of carbonyl (C=O) groups is 1. The molecule has 0 spiro atoms. The molecule has 2 aromatic rings. The fraction of sp³-hybridized carbons (Fsp3) is 0.382. The minimum Gasteiger partial charge on any atom is -0.369 e. The highest BCUT2D eigenvalue weighted by atomic mass is 16.5. The van der Waals surface area contributed by atoms with E-state index in [4.69, 9.17) is 4.74 Å². The first kappa shape index (κ1) is 31.1. The minimum absolute atomic E-state index is 0.0697. The van der Waals surface area contributed by atoms with Crippen LogP contribution < -0.4 is 0 Å². The molecule has 2 rings (SSSR count). The van der Waals surface area contributed by atoms with Crippen molar-refractivity contribution in [2.45, 2.75) is 87.4 Å². The van der Waals surface area contributed by atoms with Gasteiger partial charge in [0.1, 0.15) is 0 Å². The van der Waals surface area contributed by atoms with E-state index in [2.05, 4.69) is 82.8 Å². The first-order valence-corrected chi connectivity index (χ1v) is 13.3. The van der Waals surface area contributed by atoms with E-state index in [-0.39, 0.29) is 11.9 Å². The number of rotatable bonds is 12. The summed E-state index contributed by atoms with van der Waals surface area (Å²) in [5.41, 5.74) is 8.53. The zero-order chi connectivity index (χ0) is 27.1. The maximum atomic E-state index is 12.4. The summed E-state index contributed by atoms with van der Waals surface area (Å²) < 4.78 is 6.38. The predicted molar refractivity (Wildman–Crippen MR) is 157 cm³/mol. The van der Waals surface area contributed by atoms with Crippen LogP contribution in [0.3, 0.4) is 0 Å². The maximum Gasteiger partial charge on any atom is 0.155 e. The van der Waals surface area contributed by atoms with E-state index in [0.717, 1.165) is 47.1 Å². The average Bonchev–Trinajstić information content (AvgIpc) is 2.90. The average molecular weight is 487 g/mol. The highest BCUT2D eigenvalue weighted by molar-refractivity contribution is 5.94. The quantitative estimate of drug-likeness (QED) is 0.220. The molecule has 0 aliphatic rings. The lowest BCUT2D eigenvalue weighted by Crippen LogP contribution is -2.18. The van der Waals surface area contributed by atoms with Gasteiger partial charge in [-0.1, -0.05) is 107 Å². The lowest BCUT2D eigenvalue weighted by Gasteiger charge is -2.22. The fourth-order valence-corrected chi connectivity index (χ4v) is 3.92. The Morgan fingerprint density at radius 2 is 1.58 bits per heavy atom. The van der Waals surface area contributed by atoms with Crippen LogP contribution in [-0.4, -0.2) is 11.9 Å². The maximum absolute atomic E-state index is 12.4. The Balaban J connectivity index is 0.00000316. The van der Waals surface area contributed by atoms with E-state index in [0.29, 0.717) is 6.61 Å². The number of hydrogen-bond donors (Lipinski definition) is 0. The molecule has 0 fully saturated rings. The van der Waals surface area contributed by atoms with Crippen molar-refractivity contribution < 1.29 is 9.53 Å². The van der Waals surface area contributed by atoms with Crippen molar-refractivity contribution in [3.05, 3.63) is 112 Å². The van der Waals surface area contributed by atoms with Gasteiger partial charge in [-0.3, -0.25) is 4.79 Å². The number of ether oxygens (including phenoxy) is 1. The number of carbonyl (C=O) groups excluding carboxylic acids is 1. The van der Waals surface area contributed by atoms with Crippen LogP contribution in [0.25, 0.3) is 6.08 Å². The van der Waals surface area contributed by atoms with Crippen molar-refractivity contribution in [1.29, 1.82) is 0 Å².